The lowest BCUT2D eigenvalue weighted by molar-refractivity contribution is 0.0999. The normalized spacial score (nSPS) is 13.5. The molecule has 1 fully saturated rings. The summed E-state index contributed by atoms with van der Waals surface area (Å²) in [4.78, 5) is 46.3. The average Bonchev–Trinajstić information content (AvgIpc) is 2.84. The molecule has 3 heterocycles. The molecule has 1 aliphatic heterocycles. The molecule has 1 aromatic carbocycles. The molecule has 2 amide bonds. The summed E-state index contributed by atoms with van der Waals surface area (Å²) in [6, 6.07) is 7.76. The Kier molecular flexibility index (Phi) is 6.96. The van der Waals surface area contributed by atoms with Crippen molar-refractivity contribution in [1.82, 2.24) is 19.9 Å². The molecule has 0 spiro atoms. The number of anilines is 4. The molecule has 13 heteroatoms. The molecular weight excluding hydrogens is 456 g/mol. The number of ether oxygens (including phenoxy) is 1. The minimum absolute atomic E-state index is 0.0763. The van der Waals surface area contributed by atoms with E-state index >= 15 is 0 Å². The Hall–Kier alpha value is -4.39. The van der Waals surface area contributed by atoms with Crippen LogP contribution in [0.3, 0.4) is 0 Å². The van der Waals surface area contributed by atoms with Crippen LogP contribution in [0.15, 0.2) is 35.3 Å². The van der Waals surface area contributed by atoms with Crippen molar-refractivity contribution in [2.75, 3.05) is 48.8 Å². The Labute approximate surface area is 199 Å². The smallest absolute Gasteiger partial charge is 0.404 e. The van der Waals surface area contributed by atoms with Crippen LogP contribution < -0.4 is 32.4 Å². The minimum Gasteiger partial charge on any atom is -0.465 e. The van der Waals surface area contributed by atoms with E-state index in [2.05, 4.69) is 25.5 Å². The van der Waals surface area contributed by atoms with Crippen molar-refractivity contribution < 1.29 is 19.4 Å². The number of hydrogen-bond donors (Lipinski definition) is 5. The quantitative estimate of drug-likeness (QED) is 0.286. The predicted octanol–water partition coefficient (Wildman–Crippen LogP) is 0.711. The summed E-state index contributed by atoms with van der Waals surface area (Å²) in [7, 11) is 0. The number of rotatable bonds is 8. The molecule has 0 saturated carbocycles. The van der Waals surface area contributed by atoms with Gasteiger partial charge in [0.1, 0.15) is 11.4 Å². The number of nitrogen functional groups attached to an aromatic ring is 1. The zero-order chi connectivity index (χ0) is 24.9. The van der Waals surface area contributed by atoms with E-state index in [4.69, 9.17) is 21.3 Å². The van der Waals surface area contributed by atoms with E-state index in [0.29, 0.717) is 19.6 Å². The second kappa shape index (κ2) is 10.3. The van der Waals surface area contributed by atoms with Gasteiger partial charge in [0.05, 0.1) is 18.6 Å². The first-order valence-electron chi connectivity index (χ1n) is 11.0. The van der Waals surface area contributed by atoms with Gasteiger partial charge in [-0.3, -0.25) is 9.59 Å². The fourth-order valence-corrected chi connectivity index (χ4v) is 3.90. The van der Waals surface area contributed by atoms with E-state index in [-0.39, 0.29) is 41.5 Å². The highest BCUT2D eigenvalue weighted by molar-refractivity contribution is 6.00. The van der Waals surface area contributed by atoms with Crippen molar-refractivity contribution in [3.8, 4) is 0 Å². The fourth-order valence-electron chi connectivity index (χ4n) is 3.90. The standard InChI is InChI=1S/C22H26N8O5/c23-18-16(19(24)32)17(31)15-12-26-21(28-20(15)30(18)7-1-6-25-22(33)34)27-13-2-4-14(5-3-13)29-8-10-35-11-9-29/h2-5,12,25H,1,6-11,23H2,(H2,24,32)(H,33,34)(H,26,27,28). The van der Waals surface area contributed by atoms with Gasteiger partial charge in [-0.15, -0.1) is 0 Å². The molecule has 7 N–H and O–H groups in total. The minimum atomic E-state index is -1.16. The summed E-state index contributed by atoms with van der Waals surface area (Å²) < 4.78 is 6.86. The summed E-state index contributed by atoms with van der Waals surface area (Å²) in [5.74, 6) is -0.876. The third-order valence-corrected chi connectivity index (χ3v) is 5.62. The number of nitrogens with one attached hydrogen (secondary N) is 2. The number of nitrogens with two attached hydrogens (primary N) is 2. The van der Waals surface area contributed by atoms with E-state index in [1.165, 1.54) is 10.8 Å². The second-order valence-corrected chi connectivity index (χ2v) is 7.89. The predicted molar refractivity (Wildman–Crippen MR) is 130 cm³/mol. The van der Waals surface area contributed by atoms with Gasteiger partial charge in [0, 0.05) is 43.8 Å². The van der Waals surface area contributed by atoms with Crippen molar-refractivity contribution in [3.05, 3.63) is 46.2 Å². The SMILES string of the molecule is NC(=O)c1c(N)n(CCCNC(=O)O)c2nc(Nc3ccc(N4CCOCC4)cc3)ncc2c1=O. The topological polar surface area (TPSA) is 191 Å². The number of aryl methyl sites for hydroxylation is 1. The highest BCUT2D eigenvalue weighted by atomic mass is 16.5. The first kappa shape index (κ1) is 23.8. The number of fused-ring (bicyclic) bond motifs is 1. The number of carbonyl (C=O) groups excluding carboxylic acids is 1. The number of nitrogens with zero attached hydrogens (tertiary/aromatic N) is 4. The van der Waals surface area contributed by atoms with Gasteiger partial charge in [0.15, 0.2) is 5.65 Å². The van der Waals surface area contributed by atoms with Crippen molar-refractivity contribution in [3.63, 3.8) is 0 Å². The molecule has 0 aliphatic carbocycles. The monoisotopic (exact) mass is 482 g/mol. The van der Waals surface area contributed by atoms with E-state index in [9.17, 15) is 14.4 Å². The molecule has 1 aliphatic rings. The number of amides is 2. The average molecular weight is 483 g/mol. The fraction of sp³-hybridized carbons (Fsp3) is 0.318. The molecule has 0 atom stereocenters. The number of morpholine rings is 1. The molecule has 1 saturated heterocycles. The molecule has 3 aromatic rings. The van der Waals surface area contributed by atoms with Gasteiger partial charge >= 0.3 is 6.09 Å². The lowest BCUT2D eigenvalue weighted by Crippen LogP contribution is -2.36. The number of carboxylic acid groups (broad SMARTS) is 1. The first-order valence-corrected chi connectivity index (χ1v) is 11.0. The van der Waals surface area contributed by atoms with Gasteiger partial charge in [-0.25, -0.2) is 9.78 Å². The number of aromatic nitrogens is 3. The van der Waals surface area contributed by atoms with Gasteiger partial charge in [0.2, 0.25) is 11.4 Å². The largest absolute Gasteiger partial charge is 0.465 e. The van der Waals surface area contributed by atoms with Crippen molar-refractivity contribution >= 4 is 46.2 Å². The summed E-state index contributed by atoms with van der Waals surface area (Å²) >= 11 is 0. The highest BCUT2D eigenvalue weighted by Gasteiger charge is 2.20. The van der Waals surface area contributed by atoms with Crippen LogP contribution in [0.25, 0.3) is 11.0 Å². The van der Waals surface area contributed by atoms with Crippen molar-refractivity contribution in [1.29, 1.82) is 0 Å². The Balaban J connectivity index is 1.63. The molecule has 13 nitrogen and oxygen atoms in total. The highest BCUT2D eigenvalue weighted by Crippen LogP contribution is 2.22. The third-order valence-electron chi connectivity index (χ3n) is 5.62. The van der Waals surface area contributed by atoms with Crippen molar-refractivity contribution in [2.24, 2.45) is 5.73 Å². The Morgan fingerprint density at radius 2 is 1.89 bits per heavy atom. The van der Waals surface area contributed by atoms with Crippen LogP contribution in [-0.4, -0.2) is 64.5 Å². The van der Waals surface area contributed by atoms with Crippen LogP contribution in [0.2, 0.25) is 0 Å². The van der Waals surface area contributed by atoms with E-state index < -0.39 is 17.4 Å². The molecule has 35 heavy (non-hydrogen) atoms. The molecule has 2 aromatic heterocycles. The maximum Gasteiger partial charge on any atom is 0.404 e. The lowest BCUT2D eigenvalue weighted by Gasteiger charge is -2.28. The third kappa shape index (κ3) is 5.24. The number of primary amides is 1. The summed E-state index contributed by atoms with van der Waals surface area (Å²) in [5, 5.41) is 14.2. The summed E-state index contributed by atoms with van der Waals surface area (Å²) in [6.07, 6.45) is 0.490. The first-order chi connectivity index (χ1) is 16.8. The van der Waals surface area contributed by atoms with Crippen LogP contribution in [0, 0.1) is 0 Å². The van der Waals surface area contributed by atoms with Crippen LogP contribution in [-0.2, 0) is 11.3 Å². The Bertz CT molecular complexity index is 1300. The van der Waals surface area contributed by atoms with E-state index in [1.54, 1.807) is 0 Å². The maximum absolute atomic E-state index is 12.8. The van der Waals surface area contributed by atoms with Gasteiger partial charge in [-0.05, 0) is 30.7 Å². The number of hydrogen-bond acceptors (Lipinski definition) is 9. The van der Waals surface area contributed by atoms with Gasteiger partial charge < -0.3 is 41.4 Å². The summed E-state index contributed by atoms with van der Waals surface area (Å²) in [6.45, 7) is 3.37. The van der Waals surface area contributed by atoms with Gasteiger partial charge in [-0.1, -0.05) is 0 Å². The number of benzene rings is 1. The van der Waals surface area contributed by atoms with Crippen LogP contribution in [0.4, 0.5) is 27.9 Å². The van der Waals surface area contributed by atoms with Gasteiger partial charge in [0.25, 0.3) is 5.91 Å². The van der Waals surface area contributed by atoms with E-state index in [0.717, 1.165) is 24.5 Å². The second-order valence-electron chi connectivity index (χ2n) is 7.89. The lowest BCUT2D eigenvalue weighted by atomic mass is 10.1. The molecule has 184 valence electrons. The van der Waals surface area contributed by atoms with Crippen molar-refractivity contribution in [2.45, 2.75) is 13.0 Å². The number of pyridine rings is 1. The van der Waals surface area contributed by atoms with E-state index in [1.807, 2.05) is 24.3 Å². The molecule has 4 rings (SSSR count). The van der Waals surface area contributed by atoms with Crippen LogP contribution >= 0.6 is 0 Å². The zero-order valence-corrected chi connectivity index (χ0v) is 18.9. The van der Waals surface area contributed by atoms with Gasteiger partial charge in [-0.2, -0.15) is 4.98 Å². The maximum atomic E-state index is 12.8. The Morgan fingerprint density at radius 1 is 1.17 bits per heavy atom. The molecule has 0 unspecified atom stereocenters. The molecular formula is C22H26N8O5. The molecule has 0 bridgehead atoms. The molecule has 0 radical (unpaired) electrons. The van der Waals surface area contributed by atoms with Crippen LogP contribution in [0.5, 0.6) is 0 Å². The summed E-state index contributed by atoms with van der Waals surface area (Å²) in [5.41, 5.74) is 12.5. The zero-order valence-electron chi connectivity index (χ0n) is 18.9. The Morgan fingerprint density at radius 3 is 2.54 bits per heavy atom. The van der Waals surface area contributed by atoms with Crippen LogP contribution in [0.1, 0.15) is 16.8 Å². The number of carbonyl (C=O) groups is 2.